The normalized spacial score (nSPS) is 17.4. The summed E-state index contributed by atoms with van der Waals surface area (Å²) >= 11 is 1.32. The van der Waals surface area contributed by atoms with Crippen molar-refractivity contribution in [3.8, 4) is 5.75 Å². The molecule has 0 radical (unpaired) electrons. The minimum absolute atomic E-state index is 0.156. The molecule has 5 heteroatoms. The van der Waals surface area contributed by atoms with Crippen molar-refractivity contribution in [1.82, 2.24) is 5.32 Å². The summed E-state index contributed by atoms with van der Waals surface area (Å²) in [5, 5.41) is 13.3. The third kappa shape index (κ3) is 3.94. The Hall–Kier alpha value is -2.53. The van der Waals surface area contributed by atoms with E-state index in [-0.39, 0.29) is 5.91 Å². The van der Waals surface area contributed by atoms with Gasteiger partial charge in [-0.3, -0.25) is 4.79 Å². The van der Waals surface area contributed by atoms with E-state index in [1.54, 1.807) is 0 Å². The van der Waals surface area contributed by atoms with Crippen molar-refractivity contribution >= 4 is 34.6 Å². The van der Waals surface area contributed by atoms with E-state index in [1.165, 1.54) is 11.8 Å². The summed E-state index contributed by atoms with van der Waals surface area (Å²) < 4.78 is 0. The van der Waals surface area contributed by atoms with Crippen LogP contribution in [0.3, 0.4) is 0 Å². The van der Waals surface area contributed by atoms with Crippen molar-refractivity contribution in [2.75, 3.05) is 0 Å². The Balaban J connectivity index is 1.88. The molecule has 3 rings (SSSR count). The molecular weight excluding hydrogens is 332 g/mol. The molecule has 1 saturated heterocycles. The van der Waals surface area contributed by atoms with Gasteiger partial charge in [0, 0.05) is 0 Å². The number of phenols is 1. The minimum atomic E-state index is -0.156. The topological polar surface area (TPSA) is 61.7 Å². The number of hydrogen-bond acceptors (Lipinski definition) is 4. The van der Waals surface area contributed by atoms with Gasteiger partial charge in [0.25, 0.3) is 5.91 Å². The van der Waals surface area contributed by atoms with E-state index in [0.717, 1.165) is 33.5 Å². The van der Waals surface area contributed by atoms with Crippen LogP contribution < -0.4 is 5.32 Å². The first-order valence-electron chi connectivity index (χ1n) is 8.00. The van der Waals surface area contributed by atoms with Gasteiger partial charge in [0.15, 0.2) is 5.17 Å². The third-order valence-electron chi connectivity index (χ3n) is 3.90. The number of rotatable bonds is 2. The molecule has 2 aromatic rings. The van der Waals surface area contributed by atoms with Crippen molar-refractivity contribution in [2.45, 2.75) is 27.7 Å². The molecule has 1 aliphatic rings. The maximum Gasteiger partial charge on any atom is 0.264 e. The van der Waals surface area contributed by atoms with Gasteiger partial charge in [-0.15, -0.1) is 0 Å². The number of thioether (sulfide) groups is 1. The predicted octanol–water partition coefficient (Wildman–Crippen LogP) is 4.52. The van der Waals surface area contributed by atoms with E-state index in [9.17, 15) is 9.90 Å². The average Bonchev–Trinajstić information content (AvgIpc) is 2.83. The van der Waals surface area contributed by atoms with Gasteiger partial charge < -0.3 is 10.4 Å². The summed E-state index contributed by atoms with van der Waals surface area (Å²) in [7, 11) is 0. The van der Waals surface area contributed by atoms with E-state index in [1.807, 2.05) is 58.0 Å². The Morgan fingerprint density at radius 2 is 1.60 bits per heavy atom. The molecule has 1 aliphatic heterocycles. The van der Waals surface area contributed by atoms with Gasteiger partial charge in [0.05, 0.1) is 10.6 Å². The highest BCUT2D eigenvalue weighted by molar-refractivity contribution is 8.18. The molecule has 0 aromatic heterocycles. The first kappa shape index (κ1) is 17.3. The van der Waals surface area contributed by atoms with Crippen LogP contribution >= 0.6 is 11.8 Å². The van der Waals surface area contributed by atoms with Crippen LogP contribution in [0.25, 0.3) is 6.08 Å². The zero-order valence-electron chi connectivity index (χ0n) is 14.7. The molecule has 1 amide bonds. The van der Waals surface area contributed by atoms with Crippen molar-refractivity contribution in [3.05, 3.63) is 63.1 Å². The molecule has 0 unspecified atom stereocenters. The number of aryl methyl sites for hydroxylation is 4. The number of amidine groups is 1. The van der Waals surface area contributed by atoms with Crippen LogP contribution in [0.1, 0.15) is 27.8 Å². The van der Waals surface area contributed by atoms with E-state index in [0.29, 0.717) is 15.8 Å². The molecule has 1 heterocycles. The molecule has 0 saturated carbocycles. The van der Waals surface area contributed by atoms with E-state index < -0.39 is 0 Å². The highest BCUT2D eigenvalue weighted by Gasteiger charge is 2.24. The molecular formula is C20H20N2O2S. The Bertz CT molecular complexity index is 886. The second kappa shape index (κ2) is 6.76. The van der Waals surface area contributed by atoms with Gasteiger partial charge in [0.1, 0.15) is 5.75 Å². The number of nitrogens with one attached hydrogen (secondary N) is 1. The number of aliphatic imine (C=N–C) groups is 1. The summed E-state index contributed by atoms with van der Waals surface area (Å²) in [4.78, 5) is 17.3. The number of hydrogen-bond donors (Lipinski definition) is 2. The Kier molecular flexibility index (Phi) is 4.68. The summed E-state index contributed by atoms with van der Waals surface area (Å²) in [5.74, 6) is 0.138. The van der Waals surface area contributed by atoms with Gasteiger partial charge >= 0.3 is 0 Å². The first-order valence-corrected chi connectivity index (χ1v) is 8.81. The monoisotopic (exact) mass is 352 g/mol. The van der Waals surface area contributed by atoms with Gasteiger partial charge in [-0.2, -0.15) is 0 Å². The fourth-order valence-electron chi connectivity index (χ4n) is 2.84. The molecule has 2 N–H and O–H groups in total. The molecule has 1 fully saturated rings. The van der Waals surface area contributed by atoms with Crippen LogP contribution in [0, 0.1) is 27.7 Å². The van der Waals surface area contributed by atoms with Crippen LogP contribution in [0.5, 0.6) is 5.75 Å². The van der Waals surface area contributed by atoms with E-state index >= 15 is 0 Å². The lowest BCUT2D eigenvalue weighted by molar-refractivity contribution is -0.115. The van der Waals surface area contributed by atoms with E-state index in [4.69, 9.17) is 0 Å². The number of aromatic hydroxyl groups is 1. The highest BCUT2D eigenvalue weighted by atomic mass is 32.2. The zero-order valence-corrected chi connectivity index (χ0v) is 15.5. The summed E-state index contributed by atoms with van der Waals surface area (Å²) in [6, 6.07) is 9.79. The second-order valence-corrected chi connectivity index (χ2v) is 7.36. The van der Waals surface area contributed by atoms with Crippen molar-refractivity contribution in [2.24, 2.45) is 4.99 Å². The SMILES string of the molecule is Cc1cc(C)cc(N=C2NC(=O)/C(=C/c3cc(C)c(O)c(C)c3)S2)c1. The van der Waals surface area contributed by atoms with Gasteiger partial charge in [-0.1, -0.05) is 6.07 Å². The fraction of sp³-hybridized carbons (Fsp3) is 0.200. The van der Waals surface area contributed by atoms with Crippen LogP contribution in [-0.2, 0) is 4.79 Å². The lowest BCUT2D eigenvalue weighted by atomic mass is 10.1. The molecule has 4 nitrogen and oxygen atoms in total. The second-order valence-electron chi connectivity index (χ2n) is 6.33. The van der Waals surface area contributed by atoms with Crippen molar-refractivity contribution in [1.29, 1.82) is 0 Å². The Morgan fingerprint density at radius 3 is 2.20 bits per heavy atom. The number of carbonyl (C=O) groups excluding carboxylic acids is 1. The number of phenolic OH excluding ortho intramolecular Hbond substituents is 1. The highest BCUT2D eigenvalue weighted by Crippen LogP contribution is 2.30. The maximum atomic E-state index is 12.2. The maximum absolute atomic E-state index is 12.2. The van der Waals surface area contributed by atoms with Crippen molar-refractivity contribution in [3.63, 3.8) is 0 Å². The smallest absolute Gasteiger partial charge is 0.264 e. The lowest BCUT2D eigenvalue weighted by Crippen LogP contribution is -2.19. The number of carbonyl (C=O) groups is 1. The minimum Gasteiger partial charge on any atom is -0.507 e. The molecule has 0 aliphatic carbocycles. The summed E-state index contributed by atoms with van der Waals surface area (Å²) in [6.07, 6.45) is 1.82. The lowest BCUT2D eigenvalue weighted by Gasteiger charge is -2.05. The number of amides is 1. The van der Waals surface area contributed by atoms with Crippen LogP contribution in [0.2, 0.25) is 0 Å². The fourth-order valence-corrected chi connectivity index (χ4v) is 3.68. The van der Waals surface area contributed by atoms with Crippen LogP contribution in [0.4, 0.5) is 5.69 Å². The molecule has 0 spiro atoms. The van der Waals surface area contributed by atoms with Crippen molar-refractivity contribution < 1.29 is 9.90 Å². The number of benzene rings is 2. The third-order valence-corrected chi connectivity index (χ3v) is 4.81. The van der Waals surface area contributed by atoms with Gasteiger partial charge in [-0.05, 0) is 97.6 Å². The molecule has 0 atom stereocenters. The Morgan fingerprint density at radius 1 is 1.00 bits per heavy atom. The quantitative estimate of drug-likeness (QED) is 0.781. The summed E-state index contributed by atoms with van der Waals surface area (Å²) in [6.45, 7) is 7.74. The molecule has 128 valence electrons. The van der Waals surface area contributed by atoms with E-state index in [2.05, 4.69) is 16.4 Å². The first-order chi connectivity index (χ1) is 11.8. The predicted molar refractivity (Wildman–Crippen MR) is 104 cm³/mol. The average molecular weight is 352 g/mol. The molecule has 0 bridgehead atoms. The number of nitrogens with zero attached hydrogens (tertiary/aromatic N) is 1. The zero-order chi connectivity index (χ0) is 18.1. The standard InChI is InChI=1S/C20H20N2O2S/c1-11-5-12(2)7-16(6-11)21-20-22-19(24)17(25-20)10-15-8-13(3)18(23)14(4)9-15/h5-10,23H,1-4H3,(H,21,22,24)/b17-10-. The largest absolute Gasteiger partial charge is 0.507 e. The Labute approximate surface area is 151 Å². The van der Waals surface area contributed by atoms with Crippen LogP contribution in [0.15, 0.2) is 40.2 Å². The van der Waals surface area contributed by atoms with Gasteiger partial charge in [0.2, 0.25) is 0 Å². The van der Waals surface area contributed by atoms with Crippen LogP contribution in [-0.4, -0.2) is 16.2 Å². The summed E-state index contributed by atoms with van der Waals surface area (Å²) in [5.41, 5.74) is 5.58. The molecule has 2 aromatic carbocycles. The molecule has 25 heavy (non-hydrogen) atoms. The van der Waals surface area contributed by atoms with Gasteiger partial charge in [-0.25, -0.2) is 4.99 Å².